The molecule has 0 heterocycles. The lowest BCUT2D eigenvalue weighted by Crippen LogP contribution is -2.30. The molecule has 0 radical (unpaired) electrons. The molecular formula is C76H142O6. The highest BCUT2D eigenvalue weighted by atomic mass is 16.6. The van der Waals surface area contributed by atoms with Crippen molar-refractivity contribution in [2.24, 2.45) is 0 Å². The molecule has 0 saturated carbocycles. The molecule has 482 valence electrons. The van der Waals surface area contributed by atoms with Crippen molar-refractivity contribution in [3.8, 4) is 0 Å². The first-order valence-corrected chi connectivity index (χ1v) is 37.0. The van der Waals surface area contributed by atoms with Crippen LogP contribution in [-0.4, -0.2) is 37.2 Å². The Morgan fingerprint density at radius 3 is 0.610 bits per heavy atom. The number of esters is 3. The number of hydrogen-bond donors (Lipinski definition) is 0. The van der Waals surface area contributed by atoms with E-state index in [0.29, 0.717) is 19.3 Å². The van der Waals surface area contributed by atoms with Gasteiger partial charge in [0.05, 0.1) is 0 Å². The largest absolute Gasteiger partial charge is 0.462 e. The molecule has 6 nitrogen and oxygen atoms in total. The highest BCUT2D eigenvalue weighted by Gasteiger charge is 2.19. The van der Waals surface area contributed by atoms with Crippen molar-refractivity contribution < 1.29 is 28.6 Å². The molecule has 0 aromatic carbocycles. The van der Waals surface area contributed by atoms with E-state index in [9.17, 15) is 14.4 Å². The molecule has 0 amide bonds. The van der Waals surface area contributed by atoms with Gasteiger partial charge in [-0.15, -0.1) is 0 Å². The summed E-state index contributed by atoms with van der Waals surface area (Å²) in [4.78, 5) is 38.5. The molecule has 0 spiro atoms. The summed E-state index contributed by atoms with van der Waals surface area (Å²) >= 11 is 0. The topological polar surface area (TPSA) is 78.9 Å². The normalized spacial score (nSPS) is 12.2. The Kier molecular flexibility index (Phi) is 69.1. The van der Waals surface area contributed by atoms with E-state index in [1.807, 2.05) is 0 Å². The van der Waals surface area contributed by atoms with Gasteiger partial charge in [0.15, 0.2) is 6.10 Å². The van der Waals surface area contributed by atoms with Gasteiger partial charge in [0.25, 0.3) is 0 Å². The average molecular weight is 1150 g/mol. The number of hydrogen-bond acceptors (Lipinski definition) is 6. The smallest absolute Gasteiger partial charge is 0.306 e. The minimum absolute atomic E-state index is 0.0706. The first-order valence-electron chi connectivity index (χ1n) is 37.0. The fourth-order valence-corrected chi connectivity index (χ4v) is 11.3. The van der Waals surface area contributed by atoms with Crippen LogP contribution in [0.3, 0.4) is 0 Å². The second kappa shape index (κ2) is 71.1. The Balaban J connectivity index is 4.23. The van der Waals surface area contributed by atoms with Gasteiger partial charge in [0.2, 0.25) is 0 Å². The average Bonchev–Trinajstić information content (AvgIpc) is 3.47. The van der Waals surface area contributed by atoms with Crippen LogP contribution in [0.15, 0.2) is 36.5 Å². The van der Waals surface area contributed by atoms with Crippen LogP contribution in [0.25, 0.3) is 0 Å². The lowest BCUT2D eigenvalue weighted by Gasteiger charge is -2.18. The van der Waals surface area contributed by atoms with Crippen LogP contribution in [0.5, 0.6) is 0 Å². The third-order valence-corrected chi connectivity index (χ3v) is 16.8. The van der Waals surface area contributed by atoms with E-state index >= 15 is 0 Å². The molecule has 0 aromatic heterocycles. The molecule has 6 heteroatoms. The van der Waals surface area contributed by atoms with Gasteiger partial charge in [-0.25, -0.2) is 0 Å². The second-order valence-electron chi connectivity index (χ2n) is 25.2. The summed E-state index contributed by atoms with van der Waals surface area (Å²) in [6, 6.07) is 0. The van der Waals surface area contributed by atoms with Crippen LogP contribution >= 0.6 is 0 Å². The number of allylic oxidation sites excluding steroid dienone is 6. The van der Waals surface area contributed by atoms with Crippen LogP contribution in [0.4, 0.5) is 0 Å². The maximum atomic E-state index is 13.0. The van der Waals surface area contributed by atoms with Gasteiger partial charge in [-0.3, -0.25) is 14.4 Å². The molecule has 0 saturated heterocycles. The number of carbonyl (C=O) groups is 3. The third kappa shape index (κ3) is 68.4. The SMILES string of the molecule is CCCCCCCC/C=C\CCCCCCCCCC(=O)OCC(COC(=O)CCCCCCCCCCCCCCCCCCC/C=C\CCCCCCCCCC)OC(=O)CCCCCCCCC/C=C\CCCCCCCCC. The zero-order chi connectivity index (χ0) is 59.2. The quantitative estimate of drug-likeness (QED) is 0.0261. The molecule has 0 aromatic rings. The molecule has 0 bridgehead atoms. The molecule has 0 aliphatic carbocycles. The van der Waals surface area contributed by atoms with Crippen LogP contribution in [0.1, 0.15) is 412 Å². The van der Waals surface area contributed by atoms with Crippen molar-refractivity contribution in [3.05, 3.63) is 36.5 Å². The van der Waals surface area contributed by atoms with E-state index in [1.165, 1.54) is 315 Å². The number of unbranched alkanes of at least 4 members (excludes halogenated alkanes) is 52. The monoisotopic (exact) mass is 1150 g/mol. The Morgan fingerprint density at radius 1 is 0.232 bits per heavy atom. The van der Waals surface area contributed by atoms with Crippen LogP contribution in [0.2, 0.25) is 0 Å². The predicted octanol–water partition coefficient (Wildman–Crippen LogP) is 25.5. The van der Waals surface area contributed by atoms with Crippen LogP contribution in [0, 0.1) is 0 Å². The van der Waals surface area contributed by atoms with E-state index in [1.54, 1.807) is 0 Å². The van der Waals surface area contributed by atoms with Gasteiger partial charge in [-0.05, 0) is 96.3 Å². The van der Waals surface area contributed by atoms with E-state index in [2.05, 4.69) is 57.2 Å². The first kappa shape index (κ1) is 79.6. The predicted molar refractivity (Wildman–Crippen MR) is 358 cm³/mol. The summed E-state index contributed by atoms with van der Waals surface area (Å²) in [5, 5.41) is 0. The maximum Gasteiger partial charge on any atom is 0.306 e. The first-order chi connectivity index (χ1) is 40.5. The van der Waals surface area contributed by atoms with Gasteiger partial charge in [0, 0.05) is 19.3 Å². The maximum absolute atomic E-state index is 13.0. The van der Waals surface area contributed by atoms with Gasteiger partial charge >= 0.3 is 17.9 Å². The molecule has 0 rings (SSSR count). The van der Waals surface area contributed by atoms with Crippen molar-refractivity contribution in [1.29, 1.82) is 0 Å². The number of rotatable bonds is 69. The number of ether oxygens (including phenoxy) is 3. The Bertz CT molecular complexity index is 1370. The summed E-state index contributed by atoms with van der Waals surface area (Å²) < 4.78 is 17.0. The molecule has 0 aliphatic heterocycles. The van der Waals surface area contributed by atoms with Gasteiger partial charge in [-0.1, -0.05) is 333 Å². The molecule has 0 N–H and O–H groups in total. The molecule has 0 aliphatic rings. The summed E-state index contributed by atoms with van der Waals surface area (Å²) in [7, 11) is 0. The Labute approximate surface area is 512 Å². The van der Waals surface area contributed by atoms with E-state index in [0.717, 1.165) is 57.8 Å². The fraction of sp³-hybridized carbons (Fsp3) is 0.882. The summed E-state index contributed by atoms with van der Waals surface area (Å²) in [5.41, 5.74) is 0. The van der Waals surface area contributed by atoms with Gasteiger partial charge in [-0.2, -0.15) is 0 Å². The Morgan fingerprint density at radius 2 is 0.402 bits per heavy atom. The molecular weight excluding hydrogens is 1010 g/mol. The third-order valence-electron chi connectivity index (χ3n) is 16.8. The highest BCUT2D eigenvalue weighted by Crippen LogP contribution is 2.18. The number of carbonyl (C=O) groups excluding carboxylic acids is 3. The van der Waals surface area contributed by atoms with E-state index < -0.39 is 6.10 Å². The molecule has 1 unspecified atom stereocenters. The van der Waals surface area contributed by atoms with Crippen molar-refractivity contribution in [2.45, 2.75) is 419 Å². The van der Waals surface area contributed by atoms with Crippen molar-refractivity contribution >= 4 is 17.9 Å². The fourth-order valence-electron chi connectivity index (χ4n) is 11.3. The minimum Gasteiger partial charge on any atom is -0.462 e. The van der Waals surface area contributed by atoms with Gasteiger partial charge < -0.3 is 14.2 Å². The van der Waals surface area contributed by atoms with Crippen molar-refractivity contribution in [2.75, 3.05) is 13.2 Å². The van der Waals surface area contributed by atoms with Gasteiger partial charge in [0.1, 0.15) is 13.2 Å². The summed E-state index contributed by atoms with van der Waals surface area (Å²) in [6.45, 7) is 6.70. The van der Waals surface area contributed by atoms with Crippen LogP contribution < -0.4 is 0 Å². The lowest BCUT2D eigenvalue weighted by atomic mass is 10.0. The zero-order valence-corrected chi connectivity index (χ0v) is 55.5. The molecule has 1 atom stereocenters. The highest BCUT2D eigenvalue weighted by molar-refractivity contribution is 5.71. The minimum atomic E-state index is -0.776. The summed E-state index contributed by atoms with van der Waals surface area (Å²) in [5.74, 6) is -0.849. The zero-order valence-electron chi connectivity index (χ0n) is 55.5. The van der Waals surface area contributed by atoms with Crippen molar-refractivity contribution in [3.63, 3.8) is 0 Å². The lowest BCUT2D eigenvalue weighted by molar-refractivity contribution is -0.167. The van der Waals surface area contributed by atoms with E-state index in [-0.39, 0.29) is 31.1 Å². The second-order valence-corrected chi connectivity index (χ2v) is 25.2. The van der Waals surface area contributed by atoms with Crippen molar-refractivity contribution in [1.82, 2.24) is 0 Å². The standard InChI is InChI=1S/C76H142O6/c1-4-7-10-13-16-19-22-25-28-31-33-34-35-36-37-38-39-40-41-42-43-46-48-51-54-57-60-63-66-69-75(78)81-72-73(71-80-74(77)68-65-62-59-56-53-50-47-44-30-27-24-21-18-15-12-9-6-3)82-76(79)70-67-64-61-58-55-52-49-45-32-29-26-23-20-17-14-11-8-5-2/h27,29-33,73H,4-26,28,34-72H2,1-3H3/b30-27-,32-29-,33-31-. The molecule has 0 fully saturated rings. The van der Waals surface area contributed by atoms with E-state index in [4.69, 9.17) is 14.2 Å². The summed E-state index contributed by atoms with van der Waals surface area (Å²) in [6.07, 6.45) is 89.0. The Hall–Kier alpha value is -2.37. The van der Waals surface area contributed by atoms with Crippen LogP contribution in [-0.2, 0) is 28.6 Å². The molecule has 82 heavy (non-hydrogen) atoms.